The second-order valence-electron chi connectivity index (χ2n) is 2.02. The minimum absolute atomic E-state index is 0. The van der Waals surface area contributed by atoms with E-state index < -0.39 is 0 Å². The molecule has 2 heteroatoms. The molecule has 0 aliphatic carbocycles. The van der Waals surface area contributed by atoms with E-state index in [2.05, 4.69) is 24.1 Å². The smallest absolute Gasteiger partial charge is 0.0160 e. The quantitative estimate of drug-likeness (QED) is 0.446. The van der Waals surface area contributed by atoms with Gasteiger partial charge in [0.1, 0.15) is 0 Å². The van der Waals surface area contributed by atoms with E-state index >= 15 is 0 Å². The summed E-state index contributed by atoms with van der Waals surface area (Å²) in [6, 6.07) is 0. The van der Waals surface area contributed by atoms with Crippen molar-refractivity contribution in [2.45, 2.75) is 6.42 Å². The molecule has 0 spiro atoms. The van der Waals surface area contributed by atoms with E-state index in [0.717, 1.165) is 6.54 Å². The van der Waals surface area contributed by atoms with Gasteiger partial charge >= 0.3 is 0 Å². The zero-order valence-corrected chi connectivity index (χ0v) is 7.46. The van der Waals surface area contributed by atoms with Gasteiger partial charge in [0.2, 0.25) is 0 Å². The Balaban J connectivity index is 0.000000490. The number of hydrogen-bond acceptors (Lipinski definition) is 1. The van der Waals surface area contributed by atoms with E-state index in [-0.39, 0.29) is 24.0 Å². The van der Waals surface area contributed by atoms with Gasteiger partial charge in [-0.25, -0.2) is 0 Å². The van der Waals surface area contributed by atoms with Gasteiger partial charge in [-0.3, -0.25) is 0 Å². The molecule has 8 heavy (non-hydrogen) atoms. The minimum Gasteiger partial charge on any atom is -0.302 e. The molecule has 0 aromatic rings. The van der Waals surface area contributed by atoms with Crippen molar-refractivity contribution in [2.75, 3.05) is 20.1 Å². The van der Waals surface area contributed by atoms with Crippen LogP contribution < -0.4 is 0 Å². The Bertz CT molecular complexity index is 80.6. The van der Waals surface area contributed by atoms with Crippen molar-refractivity contribution < 1.29 is 0 Å². The first-order chi connectivity index (χ1) is 3.39. The van der Waals surface area contributed by atoms with Crippen LogP contribution in [-0.4, -0.2) is 25.0 Å². The number of hydrogen-bond donors (Lipinski definition) is 0. The highest BCUT2D eigenvalue weighted by Gasteiger charge is 1.95. The molecule has 0 saturated heterocycles. The molecule has 0 unspecified atom stereocenters. The monoisotopic (exact) mass is 225 g/mol. The van der Waals surface area contributed by atoms with Crippen molar-refractivity contribution in [3.05, 3.63) is 12.2 Å². The van der Waals surface area contributed by atoms with Gasteiger partial charge in [0.25, 0.3) is 0 Å². The van der Waals surface area contributed by atoms with Crippen molar-refractivity contribution in [3.63, 3.8) is 0 Å². The molecule has 48 valence electrons. The molecule has 0 N–H and O–H groups in total. The third-order valence-corrected chi connectivity index (χ3v) is 1.26. The molecule has 0 fully saturated rings. The van der Waals surface area contributed by atoms with Gasteiger partial charge in [-0.2, -0.15) is 0 Å². The van der Waals surface area contributed by atoms with Gasteiger partial charge in [0, 0.05) is 13.1 Å². The second-order valence-corrected chi connectivity index (χ2v) is 2.02. The third-order valence-electron chi connectivity index (χ3n) is 1.26. The lowest BCUT2D eigenvalue weighted by molar-refractivity contribution is 0.366. The van der Waals surface area contributed by atoms with Crippen molar-refractivity contribution in [1.82, 2.24) is 4.90 Å². The molecule has 0 saturated carbocycles. The Morgan fingerprint density at radius 3 is 2.38 bits per heavy atom. The van der Waals surface area contributed by atoms with Gasteiger partial charge in [0.05, 0.1) is 0 Å². The highest BCUT2D eigenvalue weighted by Crippen LogP contribution is 1.95. The fourth-order valence-corrected chi connectivity index (χ4v) is 0.759. The van der Waals surface area contributed by atoms with Gasteiger partial charge in [-0.05, 0) is 13.5 Å². The lowest BCUT2D eigenvalue weighted by atomic mass is 10.3. The van der Waals surface area contributed by atoms with Crippen molar-refractivity contribution in [1.29, 1.82) is 0 Å². The van der Waals surface area contributed by atoms with E-state index in [9.17, 15) is 0 Å². The van der Waals surface area contributed by atoms with Crippen LogP contribution in [0.2, 0.25) is 0 Å². The maximum absolute atomic E-state index is 2.31. The van der Waals surface area contributed by atoms with E-state index in [1.807, 2.05) is 0 Å². The Labute approximate surface area is 67.8 Å². The Kier molecular flexibility index (Phi) is 4.56. The normalized spacial score (nSPS) is 20.1. The van der Waals surface area contributed by atoms with E-state index in [1.165, 1.54) is 13.0 Å². The van der Waals surface area contributed by atoms with Gasteiger partial charge in [-0.1, -0.05) is 12.2 Å². The SMILES string of the molecule is CN1CC=CCC1.I. The lowest BCUT2D eigenvalue weighted by Crippen LogP contribution is -2.21. The molecule has 0 bridgehead atoms. The maximum atomic E-state index is 2.31. The average Bonchev–Trinajstić information content (AvgIpc) is 1.69. The number of halogens is 1. The maximum Gasteiger partial charge on any atom is 0.0160 e. The molecule has 1 aliphatic heterocycles. The zero-order chi connectivity index (χ0) is 5.11. The van der Waals surface area contributed by atoms with Crippen LogP contribution >= 0.6 is 24.0 Å². The zero-order valence-electron chi connectivity index (χ0n) is 5.13. The summed E-state index contributed by atoms with van der Waals surface area (Å²) in [5, 5.41) is 0. The molecule has 1 nitrogen and oxygen atoms in total. The van der Waals surface area contributed by atoms with E-state index in [1.54, 1.807) is 0 Å². The van der Waals surface area contributed by atoms with Crippen LogP contribution in [0.5, 0.6) is 0 Å². The summed E-state index contributed by atoms with van der Waals surface area (Å²) >= 11 is 0. The highest BCUT2D eigenvalue weighted by molar-refractivity contribution is 14.0. The van der Waals surface area contributed by atoms with Crippen LogP contribution in [-0.2, 0) is 0 Å². The molecule has 0 aromatic heterocycles. The molecule has 0 amide bonds. The standard InChI is InChI=1S/C6H11N.HI/c1-7-5-3-2-4-6-7;/h2-3H,4-6H2,1H3;1H. The Hall–Kier alpha value is 0.430. The van der Waals surface area contributed by atoms with Crippen molar-refractivity contribution >= 4 is 24.0 Å². The molecule has 1 rings (SSSR count). The number of rotatable bonds is 0. The summed E-state index contributed by atoms with van der Waals surface area (Å²) in [5.41, 5.74) is 0. The summed E-state index contributed by atoms with van der Waals surface area (Å²) in [5.74, 6) is 0. The largest absolute Gasteiger partial charge is 0.302 e. The number of nitrogens with zero attached hydrogens (tertiary/aromatic N) is 1. The molecular formula is C6H12IN. The van der Waals surface area contributed by atoms with Crippen molar-refractivity contribution in [3.8, 4) is 0 Å². The third kappa shape index (κ3) is 2.67. The Morgan fingerprint density at radius 2 is 2.12 bits per heavy atom. The Morgan fingerprint density at radius 1 is 1.38 bits per heavy atom. The van der Waals surface area contributed by atoms with Crippen molar-refractivity contribution in [2.24, 2.45) is 0 Å². The summed E-state index contributed by atoms with van der Waals surface area (Å²) in [4.78, 5) is 2.31. The molecule has 1 aliphatic rings. The van der Waals surface area contributed by atoms with Crippen LogP contribution in [0.25, 0.3) is 0 Å². The van der Waals surface area contributed by atoms with E-state index in [0.29, 0.717) is 0 Å². The van der Waals surface area contributed by atoms with Crippen LogP contribution in [0, 0.1) is 0 Å². The molecular weight excluding hydrogens is 213 g/mol. The molecule has 0 radical (unpaired) electrons. The summed E-state index contributed by atoms with van der Waals surface area (Å²) in [6.07, 6.45) is 5.68. The van der Waals surface area contributed by atoms with Crippen LogP contribution in [0.1, 0.15) is 6.42 Å². The van der Waals surface area contributed by atoms with Gasteiger partial charge in [0.15, 0.2) is 0 Å². The topological polar surface area (TPSA) is 3.24 Å². The number of likely N-dealkylation sites (N-methyl/N-ethyl adjacent to an activating group) is 1. The highest BCUT2D eigenvalue weighted by atomic mass is 127. The summed E-state index contributed by atoms with van der Waals surface area (Å²) in [7, 11) is 2.14. The van der Waals surface area contributed by atoms with Crippen LogP contribution in [0.4, 0.5) is 0 Å². The second kappa shape index (κ2) is 4.32. The summed E-state index contributed by atoms with van der Waals surface area (Å²) < 4.78 is 0. The van der Waals surface area contributed by atoms with Crippen LogP contribution in [0.15, 0.2) is 12.2 Å². The van der Waals surface area contributed by atoms with E-state index in [4.69, 9.17) is 0 Å². The van der Waals surface area contributed by atoms with Crippen LogP contribution in [0.3, 0.4) is 0 Å². The molecule has 0 aromatic carbocycles. The first kappa shape index (κ1) is 8.43. The van der Waals surface area contributed by atoms with Gasteiger partial charge < -0.3 is 4.90 Å². The minimum atomic E-state index is 0. The average molecular weight is 225 g/mol. The molecule has 1 heterocycles. The first-order valence-corrected chi connectivity index (χ1v) is 2.73. The molecule has 0 atom stereocenters. The van der Waals surface area contributed by atoms with Gasteiger partial charge in [-0.15, -0.1) is 24.0 Å². The summed E-state index contributed by atoms with van der Waals surface area (Å²) in [6.45, 7) is 2.37. The fraction of sp³-hybridized carbons (Fsp3) is 0.667. The first-order valence-electron chi connectivity index (χ1n) is 2.73. The lowest BCUT2D eigenvalue weighted by Gasteiger charge is -2.15. The fourth-order valence-electron chi connectivity index (χ4n) is 0.759. The predicted molar refractivity (Wildman–Crippen MR) is 46.7 cm³/mol. The predicted octanol–water partition coefficient (Wildman–Crippen LogP) is 1.50.